The zero-order valence-electron chi connectivity index (χ0n) is 7.41. The van der Waals surface area contributed by atoms with Crippen molar-refractivity contribution in [3.63, 3.8) is 0 Å². The molecule has 82 valence electrons. The summed E-state index contributed by atoms with van der Waals surface area (Å²) in [6.07, 6.45) is 0.359. The van der Waals surface area contributed by atoms with E-state index in [9.17, 15) is 9.59 Å². The lowest BCUT2D eigenvalue weighted by Crippen LogP contribution is -2.26. The summed E-state index contributed by atoms with van der Waals surface area (Å²) >= 11 is 0. The highest BCUT2D eigenvalue weighted by Gasteiger charge is 2.08. The molecule has 9 nitrogen and oxygen atoms in total. The van der Waals surface area contributed by atoms with E-state index in [1.54, 1.807) is 0 Å². The zero-order valence-corrected chi connectivity index (χ0v) is 7.41. The average Bonchev–Trinajstić information content (AvgIpc) is 1.99. The summed E-state index contributed by atoms with van der Waals surface area (Å²) in [7, 11) is 0. The van der Waals surface area contributed by atoms with Gasteiger partial charge < -0.3 is 27.4 Å². The molecule has 0 heterocycles. The van der Waals surface area contributed by atoms with Crippen LogP contribution in [-0.2, 0) is 9.59 Å². The summed E-state index contributed by atoms with van der Waals surface area (Å²) in [5, 5.41) is 16.8. The average molecular weight is 215 g/mol. The molecule has 0 rings (SSSR count). The predicted molar refractivity (Wildman–Crippen MR) is 50.8 cm³/mol. The minimum absolute atomic E-state index is 0.359. The Morgan fingerprint density at radius 3 is 1.93 bits per heavy atom. The van der Waals surface area contributed by atoms with Gasteiger partial charge in [0.2, 0.25) is 5.96 Å². The molecule has 9 heteroatoms. The fourth-order valence-electron chi connectivity index (χ4n) is 0.539. The van der Waals surface area contributed by atoms with E-state index in [-0.39, 0.29) is 0 Å². The van der Waals surface area contributed by atoms with E-state index >= 15 is 0 Å². The number of hydrogen-bond acceptors (Lipinski definition) is 3. The predicted octanol–water partition coefficient (Wildman–Crippen LogP) is -2.37. The summed E-state index contributed by atoms with van der Waals surface area (Å²) in [5.74, 6) is -4.01. The van der Waals surface area contributed by atoms with Gasteiger partial charge in [0.25, 0.3) is 0 Å². The molecule has 0 aliphatic rings. The number of aliphatic imine (C=N–C) groups is 2. The highest BCUT2D eigenvalue weighted by atomic mass is 16.4. The van der Waals surface area contributed by atoms with Crippen LogP contribution in [-0.4, -0.2) is 34.1 Å². The van der Waals surface area contributed by atoms with Crippen molar-refractivity contribution in [1.82, 2.24) is 0 Å². The van der Waals surface area contributed by atoms with Crippen LogP contribution in [0.2, 0.25) is 0 Å². The fourth-order valence-corrected chi connectivity index (χ4v) is 0.539. The number of hydrogen-bond donors (Lipinski definition) is 5. The zero-order chi connectivity index (χ0) is 12.0. The summed E-state index contributed by atoms with van der Waals surface area (Å²) < 4.78 is 0. The summed E-state index contributed by atoms with van der Waals surface area (Å²) in [6, 6.07) is 0. The van der Waals surface area contributed by atoms with Crippen LogP contribution in [0.25, 0.3) is 0 Å². The second kappa shape index (κ2) is 5.21. The van der Waals surface area contributed by atoms with Gasteiger partial charge in [-0.05, 0) is 0 Å². The molecule has 0 saturated carbocycles. The standard InChI is InChI=1S/C6H9N5O4/c7-5(8)11-6(9)10-2(4(14)15)1-3(12)13/h1H,(H,12,13)(H,14,15)(H6,7,8,9,10,11)/b2-1-. The van der Waals surface area contributed by atoms with Crippen molar-refractivity contribution < 1.29 is 19.8 Å². The van der Waals surface area contributed by atoms with E-state index in [4.69, 9.17) is 27.4 Å². The van der Waals surface area contributed by atoms with Crippen LogP contribution in [0.15, 0.2) is 21.8 Å². The normalized spacial score (nSPS) is 12.0. The van der Waals surface area contributed by atoms with Crippen molar-refractivity contribution in [3.05, 3.63) is 11.8 Å². The van der Waals surface area contributed by atoms with Crippen molar-refractivity contribution in [2.45, 2.75) is 0 Å². The third kappa shape index (κ3) is 5.63. The molecule has 0 aliphatic carbocycles. The van der Waals surface area contributed by atoms with Gasteiger partial charge >= 0.3 is 11.9 Å². The lowest BCUT2D eigenvalue weighted by molar-refractivity contribution is -0.135. The van der Waals surface area contributed by atoms with Gasteiger partial charge in [-0.1, -0.05) is 0 Å². The van der Waals surface area contributed by atoms with Crippen LogP contribution >= 0.6 is 0 Å². The number of aliphatic carboxylic acids is 2. The van der Waals surface area contributed by atoms with E-state index < -0.39 is 29.6 Å². The number of carboxylic acids is 2. The quantitative estimate of drug-likeness (QED) is 0.198. The Bertz CT molecular complexity index is 366. The molecular formula is C6H9N5O4. The van der Waals surface area contributed by atoms with Crippen LogP contribution in [0.5, 0.6) is 0 Å². The Kier molecular flexibility index (Phi) is 4.32. The Morgan fingerprint density at radius 1 is 1.07 bits per heavy atom. The summed E-state index contributed by atoms with van der Waals surface area (Å²) in [4.78, 5) is 27.0. The molecule has 0 atom stereocenters. The summed E-state index contributed by atoms with van der Waals surface area (Å²) in [6.45, 7) is 0. The van der Waals surface area contributed by atoms with E-state index in [2.05, 4.69) is 9.98 Å². The van der Waals surface area contributed by atoms with E-state index in [1.807, 2.05) is 0 Å². The van der Waals surface area contributed by atoms with Crippen molar-refractivity contribution in [3.8, 4) is 0 Å². The van der Waals surface area contributed by atoms with Crippen molar-refractivity contribution >= 4 is 23.9 Å². The Labute approximate surface area is 83.6 Å². The number of carbonyl (C=O) groups is 2. The molecule has 0 saturated heterocycles. The molecule has 8 N–H and O–H groups in total. The highest BCUT2D eigenvalue weighted by molar-refractivity contribution is 5.99. The maximum absolute atomic E-state index is 10.5. The van der Waals surface area contributed by atoms with Gasteiger partial charge in [-0.3, -0.25) is 0 Å². The minimum atomic E-state index is -1.56. The first-order chi connectivity index (χ1) is 6.82. The molecule has 0 radical (unpaired) electrons. The van der Waals surface area contributed by atoms with Gasteiger partial charge in [0, 0.05) is 0 Å². The molecule has 0 aromatic heterocycles. The first-order valence-corrected chi connectivity index (χ1v) is 3.44. The monoisotopic (exact) mass is 215 g/mol. The molecule has 0 unspecified atom stereocenters. The number of rotatable bonds is 3. The number of guanidine groups is 2. The first kappa shape index (κ1) is 12.4. The molecule has 0 spiro atoms. The third-order valence-corrected chi connectivity index (χ3v) is 0.958. The molecule has 15 heavy (non-hydrogen) atoms. The van der Waals surface area contributed by atoms with Crippen molar-refractivity contribution in [1.29, 1.82) is 0 Å². The van der Waals surface area contributed by atoms with Gasteiger partial charge in [0.15, 0.2) is 11.7 Å². The molecule has 0 fully saturated rings. The first-order valence-electron chi connectivity index (χ1n) is 3.44. The largest absolute Gasteiger partial charge is 0.478 e. The summed E-state index contributed by atoms with van der Waals surface area (Å²) in [5.41, 5.74) is 14.2. The Hall–Kier alpha value is -2.58. The number of nitrogens with two attached hydrogens (primary N) is 3. The van der Waals surface area contributed by atoms with E-state index in [1.165, 1.54) is 0 Å². The van der Waals surface area contributed by atoms with Crippen LogP contribution in [0.1, 0.15) is 0 Å². The maximum atomic E-state index is 10.5. The third-order valence-electron chi connectivity index (χ3n) is 0.958. The van der Waals surface area contributed by atoms with Crippen molar-refractivity contribution in [2.75, 3.05) is 0 Å². The SMILES string of the molecule is NC(N)=NC(N)=N/C(=C\C(=O)O)C(=O)O. The number of nitrogens with zero attached hydrogens (tertiary/aromatic N) is 2. The lowest BCUT2D eigenvalue weighted by atomic mass is 10.4. The van der Waals surface area contributed by atoms with Gasteiger partial charge in [0.1, 0.15) is 0 Å². The van der Waals surface area contributed by atoms with E-state index in [0.29, 0.717) is 6.08 Å². The Morgan fingerprint density at radius 2 is 1.60 bits per heavy atom. The topological polar surface area (TPSA) is 177 Å². The highest BCUT2D eigenvalue weighted by Crippen LogP contribution is 1.97. The lowest BCUT2D eigenvalue weighted by Gasteiger charge is -1.95. The van der Waals surface area contributed by atoms with Crippen LogP contribution in [0.3, 0.4) is 0 Å². The number of carboxylic acid groups (broad SMARTS) is 2. The minimum Gasteiger partial charge on any atom is -0.478 e. The van der Waals surface area contributed by atoms with Crippen molar-refractivity contribution in [2.24, 2.45) is 27.2 Å². The second-order valence-electron chi connectivity index (χ2n) is 2.18. The molecule has 0 bridgehead atoms. The molecular weight excluding hydrogens is 206 g/mol. The van der Waals surface area contributed by atoms with Crippen LogP contribution in [0.4, 0.5) is 0 Å². The smallest absolute Gasteiger partial charge is 0.354 e. The van der Waals surface area contributed by atoms with E-state index in [0.717, 1.165) is 0 Å². The van der Waals surface area contributed by atoms with Crippen LogP contribution in [0, 0.1) is 0 Å². The van der Waals surface area contributed by atoms with Gasteiger partial charge in [-0.25, -0.2) is 14.6 Å². The maximum Gasteiger partial charge on any atom is 0.354 e. The van der Waals surface area contributed by atoms with Gasteiger partial charge in [0.05, 0.1) is 6.08 Å². The molecule has 0 aliphatic heterocycles. The molecule has 0 amide bonds. The molecule has 0 aromatic rings. The Balaban J connectivity index is 5.08. The molecule has 0 aromatic carbocycles. The van der Waals surface area contributed by atoms with Crippen LogP contribution < -0.4 is 17.2 Å². The second-order valence-corrected chi connectivity index (χ2v) is 2.18. The van der Waals surface area contributed by atoms with Gasteiger partial charge in [-0.15, -0.1) is 0 Å². The fraction of sp³-hybridized carbons (Fsp3) is 0. The van der Waals surface area contributed by atoms with Gasteiger partial charge in [-0.2, -0.15) is 4.99 Å².